The van der Waals surface area contributed by atoms with Crippen molar-refractivity contribution in [2.24, 2.45) is 0 Å². The van der Waals surface area contributed by atoms with Gasteiger partial charge in [-0.25, -0.2) is 4.79 Å². The standard InChI is InChI=1S/C21H22N4O.C2HF3O2/c1-13-19(18-8-9-22-11-17(18)12-23-13)20-24-21(26-25-20)16-7-6-14-4-2-3-5-15(14)10-16;3-2(4,5)1(6)7/h2-5,12,16,22H,6-11H2,1H3;(H,6,7). The summed E-state index contributed by atoms with van der Waals surface area (Å²) in [6.45, 7) is 3.87. The highest BCUT2D eigenvalue weighted by Crippen LogP contribution is 2.34. The molecule has 1 aliphatic carbocycles. The number of pyridine rings is 1. The van der Waals surface area contributed by atoms with Crippen LogP contribution in [0.1, 0.15) is 46.2 Å². The second kappa shape index (κ2) is 9.30. The molecule has 0 saturated carbocycles. The molecule has 0 amide bonds. The third kappa shape index (κ3) is 5.05. The molecule has 1 unspecified atom stereocenters. The Hall–Kier alpha value is -3.27. The van der Waals surface area contributed by atoms with E-state index in [4.69, 9.17) is 19.4 Å². The maximum Gasteiger partial charge on any atom is 0.490 e. The fourth-order valence-electron chi connectivity index (χ4n) is 4.28. The summed E-state index contributed by atoms with van der Waals surface area (Å²) in [5.74, 6) is -0.990. The highest BCUT2D eigenvalue weighted by atomic mass is 19.4. The number of aliphatic carboxylic acids is 1. The van der Waals surface area contributed by atoms with E-state index in [9.17, 15) is 13.2 Å². The molecule has 3 aromatic rings. The molecule has 10 heteroatoms. The van der Waals surface area contributed by atoms with Gasteiger partial charge in [-0.1, -0.05) is 29.4 Å². The summed E-state index contributed by atoms with van der Waals surface area (Å²) in [6, 6.07) is 8.67. The highest BCUT2D eigenvalue weighted by Gasteiger charge is 2.38. The Morgan fingerprint density at radius 1 is 1.18 bits per heavy atom. The fourth-order valence-corrected chi connectivity index (χ4v) is 4.28. The van der Waals surface area contributed by atoms with E-state index in [0.717, 1.165) is 55.9 Å². The van der Waals surface area contributed by atoms with Crippen molar-refractivity contribution < 1.29 is 27.6 Å². The van der Waals surface area contributed by atoms with Crippen molar-refractivity contribution in [1.29, 1.82) is 0 Å². The molecule has 1 aromatic carbocycles. The number of hydrogen-bond acceptors (Lipinski definition) is 6. The summed E-state index contributed by atoms with van der Waals surface area (Å²) < 4.78 is 37.5. The van der Waals surface area contributed by atoms with E-state index < -0.39 is 12.1 Å². The minimum absolute atomic E-state index is 0.306. The number of halogens is 3. The van der Waals surface area contributed by atoms with Gasteiger partial charge in [0.1, 0.15) is 0 Å². The maximum absolute atomic E-state index is 10.6. The van der Waals surface area contributed by atoms with Gasteiger partial charge in [0.15, 0.2) is 0 Å². The topological polar surface area (TPSA) is 101 Å². The lowest BCUT2D eigenvalue weighted by atomic mass is 9.84. The second-order valence-electron chi connectivity index (χ2n) is 8.12. The molecule has 0 fully saturated rings. The SMILES string of the molecule is Cc1ncc2c(c1-c1noc(C3CCc4ccccc4C3)n1)CCNC2.O=C(O)C(F)(F)F. The summed E-state index contributed by atoms with van der Waals surface area (Å²) in [5.41, 5.74) is 7.47. The van der Waals surface area contributed by atoms with Gasteiger partial charge in [-0.3, -0.25) is 4.98 Å². The second-order valence-corrected chi connectivity index (χ2v) is 8.12. The predicted molar refractivity (Wildman–Crippen MR) is 113 cm³/mol. The van der Waals surface area contributed by atoms with Crippen LogP contribution in [0, 0.1) is 6.92 Å². The van der Waals surface area contributed by atoms with E-state index in [-0.39, 0.29) is 0 Å². The lowest BCUT2D eigenvalue weighted by molar-refractivity contribution is -0.192. The largest absolute Gasteiger partial charge is 0.490 e. The zero-order valence-electron chi connectivity index (χ0n) is 17.9. The van der Waals surface area contributed by atoms with Crippen LogP contribution in [0.25, 0.3) is 11.4 Å². The minimum Gasteiger partial charge on any atom is -0.475 e. The number of benzene rings is 1. The molecular formula is C23H23F3N4O3. The van der Waals surface area contributed by atoms with Crippen molar-refractivity contribution in [2.45, 2.75) is 51.2 Å². The van der Waals surface area contributed by atoms with Crippen molar-refractivity contribution in [3.05, 3.63) is 64.3 Å². The van der Waals surface area contributed by atoms with Gasteiger partial charge in [-0.15, -0.1) is 0 Å². The van der Waals surface area contributed by atoms with Crippen LogP contribution in [0.2, 0.25) is 0 Å². The average Bonchev–Trinajstić information content (AvgIpc) is 3.28. The van der Waals surface area contributed by atoms with E-state index in [2.05, 4.69) is 39.7 Å². The van der Waals surface area contributed by atoms with Gasteiger partial charge in [0.2, 0.25) is 11.7 Å². The lowest BCUT2D eigenvalue weighted by Gasteiger charge is -2.21. The van der Waals surface area contributed by atoms with Crippen LogP contribution in [0.4, 0.5) is 13.2 Å². The number of alkyl halides is 3. The summed E-state index contributed by atoms with van der Waals surface area (Å²) in [4.78, 5) is 18.3. The zero-order valence-corrected chi connectivity index (χ0v) is 17.9. The van der Waals surface area contributed by atoms with Gasteiger partial charge in [-0.2, -0.15) is 18.2 Å². The smallest absolute Gasteiger partial charge is 0.475 e. The van der Waals surface area contributed by atoms with Crippen molar-refractivity contribution >= 4 is 5.97 Å². The number of fused-ring (bicyclic) bond motifs is 2. The first-order valence-electron chi connectivity index (χ1n) is 10.6. The first-order valence-corrected chi connectivity index (χ1v) is 10.6. The van der Waals surface area contributed by atoms with Gasteiger partial charge in [0, 0.05) is 29.9 Å². The molecule has 1 atom stereocenters. The van der Waals surface area contributed by atoms with Crippen LogP contribution in [-0.4, -0.2) is 38.9 Å². The molecular weight excluding hydrogens is 437 g/mol. The number of carboxylic acid groups (broad SMARTS) is 1. The molecule has 2 aromatic heterocycles. The summed E-state index contributed by atoms with van der Waals surface area (Å²) in [7, 11) is 0. The first kappa shape index (κ1) is 22.9. The minimum atomic E-state index is -5.08. The first-order chi connectivity index (χ1) is 15.7. The molecule has 3 heterocycles. The third-order valence-corrected chi connectivity index (χ3v) is 5.94. The quantitative estimate of drug-likeness (QED) is 0.596. The molecule has 1 aliphatic heterocycles. The van der Waals surface area contributed by atoms with Gasteiger partial charge >= 0.3 is 12.1 Å². The summed E-state index contributed by atoms with van der Waals surface area (Å²) in [6.07, 6.45) is 0.984. The van der Waals surface area contributed by atoms with Gasteiger partial charge in [0.25, 0.3) is 0 Å². The van der Waals surface area contributed by atoms with Crippen LogP contribution in [-0.2, 0) is 30.6 Å². The molecule has 7 nitrogen and oxygen atoms in total. The maximum atomic E-state index is 10.6. The average molecular weight is 460 g/mol. The molecule has 0 spiro atoms. The van der Waals surface area contributed by atoms with Gasteiger partial charge in [0.05, 0.1) is 0 Å². The molecule has 33 heavy (non-hydrogen) atoms. The molecule has 0 bridgehead atoms. The zero-order chi connectivity index (χ0) is 23.6. The van der Waals surface area contributed by atoms with E-state index in [0.29, 0.717) is 11.7 Å². The number of nitrogens with one attached hydrogen (secondary N) is 1. The number of aromatic nitrogens is 3. The van der Waals surface area contributed by atoms with Gasteiger partial charge in [-0.05, 0) is 61.4 Å². The molecule has 0 saturated heterocycles. The summed E-state index contributed by atoms with van der Waals surface area (Å²) >= 11 is 0. The van der Waals surface area contributed by atoms with Crippen LogP contribution >= 0.6 is 0 Å². The Morgan fingerprint density at radius 2 is 1.91 bits per heavy atom. The Kier molecular flexibility index (Phi) is 6.46. The van der Waals surface area contributed by atoms with Crippen LogP contribution in [0.15, 0.2) is 35.0 Å². The molecule has 2 aliphatic rings. The Morgan fingerprint density at radius 3 is 2.64 bits per heavy atom. The van der Waals surface area contributed by atoms with E-state index in [1.807, 2.05) is 13.1 Å². The number of aryl methyl sites for hydroxylation is 2. The molecule has 174 valence electrons. The van der Waals surface area contributed by atoms with Crippen molar-refractivity contribution in [3.8, 4) is 11.4 Å². The third-order valence-electron chi connectivity index (χ3n) is 5.94. The molecule has 5 rings (SSSR count). The molecule has 0 radical (unpaired) electrons. The summed E-state index contributed by atoms with van der Waals surface area (Å²) in [5, 5.41) is 14.9. The normalized spacial score (nSPS) is 17.4. The number of hydrogen-bond donors (Lipinski definition) is 2. The number of nitrogens with zero attached hydrogens (tertiary/aromatic N) is 3. The van der Waals surface area contributed by atoms with E-state index in [1.54, 1.807) is 0 Å². The monoisotopic (exact) mass is 460 g/mol. The molecule has 2 N–H and O–H groups in total. The Bertz CT molecular complexity index is 1160. The van der Waals surface area contributed by atoms with Crippen LogP contribution in [0.3, 0.4) is 0 Å². The van der Waals surface area contributed by atoms with E-state index >= 15 is 0 Å². The van der Waals surface area contributed by atoms with Crippen molar-refractivity contribution in [1.82, 2.24) is 20.4 Å². The number of carboxylic acids is 1. The number of rotatable bonds is 2. The van der Waals surface area contributed by atoms with Gasteiger partial charge < -0.3 is 14.9 Å². The Labute approximate surface area is 188 Å². The van der Waals surface area contributed by atoms with Crippen LogP contribution < -0.4 is 5.32 Å². The van der Waals surface area contributed by atoms with Crippen molar-refractivity contribution in [2.75, 3.05) is 6.54 Å². The highest BCUT2D eigenvalue weighted by molar-refractivity contribution is 5.73. The number of carbonyl (C=O) groups is 1. The fraction of sp³-hybridized carbons (Fsp3) is 0.391. The Balaban J connectivity index is 0.000000325. The van der Waals surface area contributed by atoms with Crippen LogP contribution in [0.5, 0.6) is 0 Å². The predicted octanol–water partition coefficient (Wildman–Crippen LogP) is 3.99. The van der Waals surface area contributed by atoms with Crippen molar-refractivity contribution in [3.63, 3.8) is 0 Å². The lowest BCUT2D eigenvalue weighted by Crippen LogP contribution is -2.24. The van der Waals surface area contributed by atoms with E-state index in [1.165, 1.54) is 22.3 Å².